The van der Waals surface area contributed by atoms with E-state index < -0.39 is 0 Å². The SMILES string of the molecule is CCNC(=NCc1ccc(C(=O)NC)cc1)N1CCC(COC)C1. The number of ether oxygens (including phenoxy) is 1. The van der Waals surface area contributed by atoms with Gasteiger partial charge in [-0.1, -0.05) is 12.1 Å². The number of carbonyl (C=O) groups is 1. The third-order valence-electron chi connectivity index (χ3n) is 4.18. The lowest BCUT2D eigenvalue weighted by Crippen LogP contribution is -2.40. The number of guanidine groups is 1. The molecule has 2 rings (SSSR count). The van der Waals surface area contributed by atoms with Gasteiger partial charge < -0.3 is 20.3 Å². The Kier molecular flexibility index (Phi) is 7.06. The first-order valence-electron chi connectivity index (χ1n) is 8.51. The number of benzene rings is 1. The Labute approximate surface area is 144 Å². The number of amides is 1. The molecule has 132 valence electrons. The predicted molar refractivity (Wildman–Crippen MR) is 96.2 cm³/mol. The summed E-state index contributed by atoms with van der Waals surface area (Å²) in [6.45, 7) is 6.32. The molecule has 2 N–H and O–H groups in total. The van der Waals surface area contributed by atoms with Crippen LogP contribution in [0.3, 0.4) is 0 Å². The zero-order chi connectivity index (χ0) is 17.4. The molecule has 6 heteroatoms. The highest BCUT2D eigenvalue weighted by atomic mass is 16.5. The zero-order valence-corrected chi connectivity index (χ0v) is 14.8. The van der Waals surface area contributed by atoms with Crippen molar-refractivity contribution in [3.05, 3.63) is 35.4 Å². The van der Waals surface area contributed by atoms with E-state index in [9.17, 15) is 4.79 Å². The maximum Gasteiger partial charge on any atom is 0.251 e. The molecule has 6 nitrogen and oxygen atoms in total. The molecule has 0 saturated carbocycles. The largest absolute Gasteiger partial charge is 0.384 e. The Morgan fingerprint density at radius 1 is 1.38 bits per heavy atom. The molecule has 1 aliphatic heterocycles. The van der Waals surface area contributed by atoms with Crippen molar-refractivity contribution in [3.8, 4) is 0 Å². The number of hydrogen-bond acceptors (Lipinski definition) is 3. The highest BCUT2D eigenvalue weighted by molar-refractivity contribution is 5.93. The van der Waals surface area contributed by atoms with Gasteiger partial charge >= 0.3 is 0 Å². The van der Waals surface area contributed by atoms with Crippen LogP contribution in [0.1, 0.15) is 29.3 Å². The number of likely N-dealkylation sites (tertiary alicyclic amines) is 1. The number of carbonyl (C=O) groups excluding carboxylic acids is 1. The molecular formula is C18H28N4O2. The highest BCUT2D eigenvalue weighted by Gasteiger charge is 2.24. The molecule has 1 saturated heterocycles. The lowest BCUT2D eigenvalue weighted by atomic mass is 10.1. The van der Waals surface area contributed by atoms with Crippen LogP contribution in [0.5, 0.6) is 0 Å². The molecule has 1 unspecified atom stereocenters. The lowest BCUT2D eigenvalue weighted by Gasteiger charge is -2.21. The van der Waals surface area contributed by atoms with Crippen molar-refractivity contribution >= 4 is 11.9 Å². The normalized spacial score (nSPS) is 17.9. The molecule has 0 radical (unpaired) electrons. The van der Waals surface area contributed by atoms with Gasteiger partial charge in [-0.25, -0.2) is 4.99 Å². The summed E-state index contributed by atoms with van der Waals surface area (Å²) in [5.41, 5.74) is 1.75. The molecule has 1 fully saturated rings. The number of rotatable bonds is 6. The van der Waals surface area contributed by atoms with Crippen molar-refractivity contribution in [2.24, 2.45) is 10.9 Å². The number of hydrogen-bond donors (Lipinski definition) is 2. The van der Waals surface area contributed by atoms with Crippen molar-refractivity contribution in [2.75, 3.05) is 40.4 Å². The number of aliphatic imine (C=N–C) groups is 1. The molecule has 1 amide bonds. The fraction of sp³-hybridized carbons (Fsp3) is 0.556. The van der Waals surface area contributed by atoms with Gasteiger partial charge in [-0.3, -0.25) is 4.79 Å². The van der Waals surface area contributed by atoms with Crippen LogP contribution in [0.4, 0.5) is 0 Å². The molecule has 0 aromatic heterocycles. The second-order valence-corrected chi connectivity index (χ2v) is 6.00. The molecule has 0 bridgehead atoms. The second kappa shape index (κ2) is 9.27. The topological polar surface area (TPSA) is 66.0 Å². The van der Waals surface area contributed by atoms with Gasteiger partial charge in [0.25, 0.3) is 5.91 Å². The van der Waals surface area contributed by atoms with Crippen molar-refractivity contribution in [1.29, 1.82) is 0 Å². The zero-order valence-electron chi connectivity index (χ0n) is 14.8. The Hall–Kier alpha value is -2.08. The van der Waals surface area contributed by atoms with Crippen LogP contribution in [-0.2, 0) is 11.3 Å². The summed E-state index contributed by atoms with van der Waals surface area (Å²) in [4.78, 5) is 18.6. The van der Waals surface area contributed by atoms with E-state index in [-0.39, 0.29) is 5.91 Å². The molecule has 24 heavy (non-hydrogen) atoms. The van der Waals surface area contributed by atoms with Gasteiger partial charge in [0.2, 0.25) is 0 Å². The van der Waals surface area contributed by atoms with Crippen molar-refractivity contribution < 1.29 is 9.53 Å². The molecule has 1 aromatic rings. The van der Waals surface area contributed by atoms with Gasteiger partial charge in [0.1, 0.15) is 0 Å². The minimum atomic E-state index is -0.0698. The fourth-order valence-electron chi connectivity index (χ4n) is 2.89. The first kappa shape index (κ1) is 18.3. The summed E-state index contributed by atoms with van der Waals surface area (Å²) in [5, 5.41) is 5.99. The number of methoxy groups -OCH3 is 1. The third-order valence-corrected chi connectivity index (χ3v) is 4.18. The van der Waals surface area contributed by atoms with Crippen LogP contribution >= 0.6 is 0 Å². The van der Waals surface area contributed by atoms with Gasteiger partial charge in [0.05, 0.1) is 13.2 Å². The first-order valence-corrected chi connectivity index (χ1v) is 8.51. The van der Waals surface area contributed by atoms with E-state index in [4.69, 9.17) is 9.73 Å². The predicted octanol–water partition coefficient (Wildman–Crippen LogP) is 1.48. The maximum absolute atomic E-state index is 11.6. The van der Waals surface area contributed by atoms with E-state index in [1.54, 1.807) is 14.2 Å². The maximum atomic E-state index is 11.6. The van der Waals surface area contributed by atoms with E-state index in [1.165, 1.54) is 0 Å². The fourth-order valence-corrected chi connectivity index (χ4v) is 2.89. The van der Waals surface area contributed by atoms with Crippen LogP contribution in [0, 0.1) is 5.92 Å². The van der Waals surface area contributed by atoms with Crippen molar-refractivity contribution in [1.82, 2.24) is 15.5 Å². The molecule has 1 aliphatic rings. The lowest BCUT2D eigenvalue weighted by molar-refractivity contribution is 0.0963. The summed E-state index contributed by atoms with van der Waals surface area (Å²) in [6, 6.07) is 7.58. The Balaban J connectivity index is 1.99. The van der Waals surface area contributed by atoms with E-state index >= 15 is 0 Å². The first-order chi connectivity index (χ1) is 11.7. The molecule has 0 aliphatic carbocycles. The van der Waals surface area contributed by atoms with Gasteiger partial charge in [-0.05, 0) is 31.0 Å². The monoisotopic (exact) mass is 332 g/mol. The molecule has 1 aromatic carbocycles. The van der Waals surface area contributed by atoms with Gasteiger partial charge in [0, 0.05) is 45.3 Å². The average Bonchev–Trinajstić information content (AvgIpc) is 3.07. The Morgan fingerprint density at radius 2 is 2.12 bits per heavy atom. The number of nitrogens with zero attached hydrogens (tertiary/aromatic N) is 2. The smallest absolute Gasteiger partial charge is 0.251 e. The molecule has 1 atom stereocenters. The average molecular weight is 332 g/mol. The minimum absolute atomic E-state index is 0.0698. The second-order valence-electron chi connectivity index (χ2n) is 6.00. The summed E-state index contributed by atoms with van der Waals surface area (Å²) in [6.07, 6.45) is 1.14. The van der Waals surface area contributed by atoms with Crippen LogP contribution in [0.2, 0.25) is 0 Å². The van der Waals surface area contributed by atoms with E-state index in [0.29, 0.717) is 18.0 Å². The van der Waals surface area contributed by atoms with Gasteiger partial charge in [0.15, 0.2) is 5.96 Å². The van der Waals surface area contributed by atoms with Crippen LogP contribution < -0.4 is 10.6 Å². The number of nitrogens with one attached hydrogen (secondary N) is 2. The standard InChI is InChI=1S/C18H28N4O2/c1-4-20-18(22-10-9-15(12-22)13-24-3)21-11-14-5-7-16(8-6-14)17(23)19-2/h5-8,15H,4,9-13H2,1-3H3,(H,19,23)(H,20,21). The Morgan fingerprint density at radius 3 is 2.75 bits per heavy atom. The highest BCUT2D eigenvalue weighted by Crippen LogP contribution is 2.16. The van der Waals surface area contributed by atoms with Crippen molar-refractivity contribution in [2.45, 2.75) is 19.9 Å². The molecule has 0 spiro atoms. The van der Waals surface area contributed by atoms with Gasteiger partial charge in [-0.2, -0.15) is 0 Å². The van der Waals surface area contributed by atoms with Crippen LogP contribution in [0.15, 0.2) is 29.3 Å². The van der Waals surface area contributed by atoms with Crippen molar-refractivity contribution in [3.63, 3.8) is 0 Å². The van der Waals surface area contributed by atoms with Crippen LogP contribution in [0.25, 0.3) is 0 Å². The molecule has 1 heterocycles. The quantitative estimate of drug-likeness (QED) is 0.612. The van der Waals surface area contributed by atoms with E-state index in [1.807, 2.05) is 24.3 Å². The molecular weight excluding hydrogens is 304 g/mol. The van der Waals surface area contributed by atoms with Gasteiger partial charge in [-0.15, -0.1) is 0 Å². The Bertz CT molecular complexity index is 557. The summed E-state index contributed by atoms with van der Waals surface area (Å²) in [7, 11) is 3.39. The van der Waals surface area contributed by atoms with E-state index in [0.717, 1.165) is 44.2 Å². The van der Waals surface area contributed by atoms with E-state index in [2.05, 4.69) is 22.5 Å². The third kappa shape index (κ3) is 4.96. The summed E-state index contributed by atoms with van der Waals surface area (Å²) in [5.74, 6) is 1.46. The summed E-state index contributed by atoms with van der Waals surface area (Å²) < 4.78 is 5.26. The minimum Gasteiger partial charge on any atom is -0.384 e. The summed E-state index contributed by atoms with van der Waals surface area (Å²) >= 11 is 0. The van der Waals surface area contributed by atoms with Crippen LogP contribution in [-0.4, -0.2) is 57.2 Å².